The van der Waals surface area contributed by atoms with Crippen molar-refractivity contribution in [2.75, 3.05) is 6.54 Å². The summed E-state index contributed by atoms with van der Waals surface area (Å²) in [6.07, 6.45) is 3.71. The van der Waals surface area contributed by atoms with Crippen molar-refractivity contribution in [3.8, 4) is 0 Å². The number of aromatic nitrogens is 4. The third-order valence-corrected chi connectivity index (χ3v) is 3.59. The van der Waals surface area contributed by atoms with Crippen LogP contribution in [-0.4, -0.2) is 25.9 Å². The number of benzene rings is 1. The van der Waals surface area contributed by atoms with Crippen molar-refractivity contribution in [3.05, 3.63) is 48.2 Å². The zero-order valence-electron chi connectivity index (χ0n) is 11.9. The first-order chi connectivity index (χ1) is 9.79. The first-order valence-corrected chi connectivity index (χ1v) is 6.90. The maximum Gasteiger partial charge on any atom is 0.146 e. The maximum absolute atomic E-state index is 4.29. The van der Waals surface area contributed by atoms with Crippen LogP contribution in [0.3, 0.4) is 0 Å². The zero-order valence-corrected chi connectivity index (χ0v) is 11.9. The highest BCUT2D eigenvalue weighted by Gasteiger charge is 2.07. The van der Waals surface area contributed by atoms with Crippen molar-refractivity contribution < 1.29 is 0 Å². The molecule has 0 aliphatic rings. The summed E-state index contributed by atoms with van der Waals surface area (Å²) in [6.45, 7) is 4.75. The minimum Gasteiger partial charge on any atom is -0.340 e. The van der Waals surface area contributed by atoms with Gasteiger partial charge in [0.2, 0.25) is 0 Å². The third-order valence-electron chi connectivity index (χ3n) is 3.59. The van der Waals surface area contributed by atoms with Crippen LogP contribution in [0.15, 0.2) is 36.8 Å². The Morgan fingerprint density at radius 1 is 1.25 bits per heavy atom. The standard InChI is InChI=1S/C15H19N5/c1-3-16-9-12-5-4-6-14-13(12)7-8-20(14)10-15-17-11-18-19(15)2/h4-8,11,16H,3,9-10H2,1-2H3. The van der Waals surface area contributed by atoms with E-state index in [-0.39, 0.29) is 0 Å². The van der Waals surface area contributed by atoms with E-state index in [9.17, 15) is 0 Å². The van der Waals surface area contributed by atoms with Crippen LogP contribution in [0, 0.1) is 0 Å². The lowest BCUT2D eigenvalue weighted by atomic mass is 10.1. The van der Waals surface area contributed by atoms with E-state index in [0.29, 0.717) is 0 Å². The predicted molar refractivity (Wildman–Crippen MR) is 79.4 cm³/mol. The van der Waals surface area contributed by atoms with Crippen molar-refractivity contribution in [2.24, 2.45) is 7.05 Å². The summed E-state index contributed by atoms with van der Waals surface area (Å²) in [7, 11) is 1.92. The molecule has 0 bridgehead atoms. The van der Waals surface area contributed by atoms with Gasteiger partial charge in [-0.3, -0.25) is 4.68 Å². The van der Waals surface area contributed by atoms with Gasteiger partial charge in [-0.2, -0.15) is 5.10 Å². The molecule has 1 aromatic carbocycles. The molecule has 2 heterocycles. The Bertz CT molecular complexity index is 710. The van der Waals surface area contributed by atoms with Gasteiger partial charge in [0.25, 0.3) is 0 Å². The molecule has 0 fully saturated rings. The number of hydrogen-bond donors (Lipinski definition) is 1. The molecule has 5 heteroatoms. The van der Waals surface area contributed by atoms with Crippen molar-refractivity contribution >= 4 is 10.9 Å². The number of nitrogens with one attached hydrogen (secondary N) is 1. The molecule has 0 atom stereocenters. The lowest BCUT2D eigenvalue weighted by Gasteiger charge is -2.07. The van der Waals surface area contributed by atoms with Crippen molar-refractivity contribution in [1.29, 1.82) is 0 Å². The van der Waals surface area contributed by atoms with E-state index >= 15 is 0 Å². The summed E-state index contributed by atoms with van der Waals surface area (Å²) in [5.74, 6) is 0.958. The minimum absolute atomic E-state index is 0.741. The minimum atomic E-state index is 0.741. The molecule has 0 saturated carbocycles. The highest BCUT2D eigenvalue weighted by molar-refractivity contribution is 5.83. The molecule has 2 aromatic heterocycles. The Morgan fingerprint density at radius 2 is 2.15 bits per heavy atom. The van der Waals surface area contributed by atoms with Crippen LogP contribution in [0.2, 0.25) is 0 Å². The van der Waals surface area contributed by atoms with Gasteiger partial charge in [0.1, 0.15) is 12.2 Å². The van der Waals surface area contributed by atoms with Crippen molar-refractivity contribution in [1.82, 2.24) is 24.6 Å². The molecule has 0 aliphatic heterocycles. The fraction of sp³-hybridized carbons (Fsp3) is 0.333. The normalized spacial score (nSPS) is 11.3. The first kappa shape index (κ1) is 12.9. The molecule has 20 heavy (non-hydrogen) atoms. The molecule has 5 nitrogen and oxygen atoms in total. The summed E-state index contributed by atoms with van der Waals surface area (Å²) in [6, 6.07) is 8.62. The zero-order chi connectivity index (χ0) is 13.9. The molecule has 0 spiro atoms. The second-order valence-electron chi connectivity index (χ2n) is 4.87. The van der Waals surface area contributed by atoms with E-state index in [1.165, 1.54) is 16.5 Å². The monoisotopic (exact) mass is 269 g/mol. The fourth-order valence-electron chi connectivity index (χ4n) is 2.45. The molecular formula is C15H19N5. The van der Waals surface area contributed by atoms with Crippen LogP contribution in [0.1, 0.15) is 18.3 Å². The average Bonchev–Trinajstić information content (AvgIpc) is 3.05. The van der Waals surface area contributed by atoms with E-state index in [0.717, 1.165) is 25.5 Å². The van der Waals surface area contributed by atoms with Crippen LogP contribution >= 0.6 is 0 Å². The molecule has 0 aliphatic carbocycles. The summed E-state index contributed by atoms with van der Waals surface area (Å²) in [4.78, 5) is 4.29. The molecule has 0 radical (unpaired) electrons. The van der Waals surface area contributed by atoms with Gasteiger partial charge >= 0.3 is 0 Å². The van der Waals surface area contributed by atoms with Crippen molar-refractivity contribution in [3.63, 3.8) is 0 Å². The predicted octanol–water partition coefficient (Wildman–Crippen LogP) is 1.93. The lowest BCUT2D eigenvalue weighted by molar-refractivity contribution is 0.664. The van der Waals surface area contributed by atoms with Crippen LogP contribution in [-0.2, 0) is 20.1 Å². The van der Waals surface area contributed by atoms with Gasteiger partial charge in [0.15, 0.2) is 0 Å². The Morgan fingerprint density at radius 3 is 2.90 bits per heavy atom. The molecular weight excluding hydrogens is 250 g/mol. The highest BCUT2D eigenvalue weighted by atomic mass is 15.3. The number of aryl methyl sites for hydroxylation is 1. The summed E-state index contributed by atoms with van der Waals surface area (Å²) in [5.41, 5.74) is 2.57. The van der Waals surface area contributed by atoms with E-state index in [1.54, 1.807) is 6.33 Å². The van der Waals surface area contributed by atoms with Gasteiger partial charge in [-0.25, -0.2) is 4.98 Å². The maximum atomic E-state index is 4.29. The van der Waals surface area contributed by atoms with Crippen LogP contribution in [0.5, 0.6) is 0 Å². The van der Waals surface area contributed by atoms with Gasteiger partial charge in [-0.1, -0.05) is 19.1 Å². The Hall–Kier alpha value is -2.14. The Labute approximate surface area is 118 Å². The molecule has 104 valence electrons. The third kappa shape index (κ3) is 2.32. The first-order valence-electron chi connectivity index (χ1n) is 6.90. The van der Waals surface area contributed by atoms with E-state index in [2.05, 4.69) is 57.4 Å². The van der Waals surface area contributed by atoms with Gasteiger partial charge < -0.3 is 9.88 Å². The molecule has 1 N–H and O–H groups in total. The molecule has 0 unspecified atom stereocenters. The number of rotatable bonds is 5. The summed E-state index contributed by atoms with van der Waals surface area (Å²) >= 11 is 0. The van der Waals surface area contributed by atoms with Gasteiger partial charge in [-0.15, -0.1) is 0 Å². The molecule has 0 amide bonds. The Balaban J connectivity index is 1.95. The van der Waals surface area contributed by atoms with Crippen LogP contribution < -0.4 is 5.32 Å². The molecule has 3 aromatic rings. The van der Waals surface area contributed by atoms with Gasteiger partial charge in [0, 0.05) is 30.7 Å². The average molecular weight is 269 g/mol. The van der Waals surface area contributed by atoms with Crippen molar-refractivity contribution in [2.45, 2.75) is 20.0 Å². The van der Waals surface area contributed by atoms with E-state index < -0.39 is 0 Å². The summed E-state index contributed by atoms with van der Waals surface area (Å²) < 4.78 is 4.03. The SMILES string of the molecule is CCNCc1cccc2c1ccn2Cc1ncnn1C. The van der Waals surface area contributed by atoms with E-state index in [4.69, 9.17) is 0 Å². The highest BCUT2D eigenvalue weighted by Crippen LogP contribution is 2.21. The smallest absolute Gasteiger partial charge is 0.146 e. The number of nitrogens with zero attached hydrogens (tertiary/aromatic N) is 4. The molecule has 3 rings (SSSR count). The van der Waals surface area contributed by atoms with Gasteiger partial charge in [0.05, 0.1) is 6.54 Å². The molecule has 0 saturated heterocycles. The number of fused-ring (bicyclic) bond motifs is 1. The second kappa shape index (κ2) is 5.46. The fourth-order valence-corrected chi connectivity index (χ4v) is 2.45. The van der Waals surface area contributed by atoms with Crippen LogP contribution in [0.4, 0.5) is 0 Å². The second-order valence-corrected chi connectivity index (χ2v) is 4.87. The van der Waals surface area contributed by atoms with Crippen LogP contribution in [0.25, 0.3) is 10.9 Å². The largest absolute Gasteiger partial charge is 0.340 e. The van der Waals surface area contributed by atoms with Gasteiger partial charge in [-0.05, 0) is 24.2 Å². The quantitative estimate of drug-likeness (QED) is 0.770. The lowest BCUT2D eigenvalue weighted by Crippen LogP contribution is -2.11. The number of hydrogen-bond acceptors (Lipinski definition) is 3. The Kier molecular flexibility index (Phi) is 3.52. The summed E-state index contributed by atoms with van der Waals surface area (Å²) in [5, 5.41) is 8.80. The van der Waals surface area contributed by atoms with E-state index in [1.807, 2.05) is 11.7 Å². The topological polar surface area (TPSA) is 47.7 Å².